The Balaban J connectivity index is 3.51. The normalized spacial score (nSPS) is 12.0. The molecule has 0 fully saturated rings. The minimum atomic E-state index is -0.0506. The molecule has 150 valence electrons. The minimum absolute atomic E-state index is 0.0364. The average Bonchev–Trinajstić information content (AvgIpc) is 2.64. The van der Waals surface area contributed by atoms with E-state index in [9.17, 15) is 4.79 Å². The summed E-state index contributed by atoms with van der Waals surface area (Å²) >= 11 is 0. The molecular formula is C22H39NO3. The van der Waals surface area contributed by atoms with Crippen LogP contribution in [0.1, 0.15) is 71.1 Å². The van der Waals surface area contributed by atoms with Crippen molar-refractivity contribution in [3.63, 3.8) is 0 Å². The van der Waals surface area contributed by atoms with Gasteiger partial charge in [0.05, 0.1) is 13.2 Å². The van der Waals surface area contributed by atoms with Crippen LogP contribution in [0, 0.1) is 0 Å². The zero-order valence-electron chi connectivity index (χ0n) is 16.6. The lowest BCUT2D eigenvalue weighted by Gasteiger charge is -2.20. The second kappa shape index (κ2) is 19.9. The van der Waals surface area contributed by atoms with Gasteiger partial charge in [-0.2, -0.15) is 0 Å². The van der Waals surface area contributed by atoms with Gasteiger partial charge in [0.2, 0.25) is 5.91 Å². The van der Waals surface area contributed by atoms with Gasteiger partial charge < -0.3 is 15.1 Å². The molecule has 2 N–H and O–H groups in total. The van der Waals surface area contributed by atoms with E-state index in [1.54, 1.807) is 4.90 Å². The maximum absolute atomic E-state index is 11.9. The first-order valence-electron chi connectivity index (χ1n) is 10.2. The third-order valence-electron chi connectivity index (χ3n) is 4.13. The first-order chi connectivity index (χ1) is 12.8. The molecule has 0 aromatic heterocycles. The highest BCUT2D eigenvalue weighted by atomic mass is 16.3. The van der Waals surface area contributed by atoms with Gasteiger partial charge >= 0.3 is 0 Å². The van der Waals surface area contributed by atoms with Crippen LogP contribution in [0.15, 0.2) is 36.5 Å². The summed E-state index contributed by atoms with van der Waals surface area (Å²) in [7, 11) is 0. The summed E-state index contributed by atoms with van der Waals surface area (Å²) in [6, 6.07) is 0. The molecule has 0 atom stereocenters. The van der Waals surface area contributed by atoms with E-state index < -0.39 is 0 Å². The zero-order chi connectivity index (χ0) is 19.3. The molecule has 0 aliphatic rings. The Bertz CT molecular complexity index is 396. The van der Waals surface area contributed by atoms with Gasteiger partial charge in [0, 0.05) is 19.5 Å². The van der Waals surface area contributed by atoms with E-state index in [1.165, 1.54) is 12.8 Å². The molecule has 0 heterocycles. The van der Waals surface area contributed by atoms with Crippen LogP contribution in [0.3, 0.4) is 0 Å². The Morgan fingerprint density at radius 3 is 1.92 bits per heavy atom. The number of nitrogens with zero attached hydrogens (tertiary/aromatic N) is 1. The average molecular weight is 366 g/mol. The maximum atomic E-state index is 11.9. The molecule has 1 amide bonds. The van der Waals surface area contributed by atoms with Gasteiger partial charge in [0.1, 0.15) is 0 Å². The lowest BCUT2D eigenvalue weighted by molar-refractivity contribution is -0.132. The molecule has 0 aromatic carbocycles. The molecule has 0 aliphatic heterocycles. The Morgan fingerprint density at radius 2 is 1.31 bits per heavy atom. The number of carbonyl (C=O) groups is 1. The van der Waals surface area contributed by atoms with Gasteiger partial charge in [0.15, 0.2) is 0 Å². The molecule has 26 heavy (non-hydrogen) atoms. The largest absolute Gasteiger partial charge is 0.395 e. The second-order valence-electron chi connectivity index (χ2n) is 6.43. The number of amides is 1. The summed E-state index contributed by atoms with van der Waals surface area (Å²) < 4.78 is 0. The molecule has 0 spiro atoms. The number of allylic oxidation sites excluding steroid dienone is 6. The van der Waals surface area contributed by atoms with Crippen LogP contribution in [0.4, 0.5) is 0 Å². The third-order valence-corrected chi connectivity index (χ3v) is 4.13. The summed E-state index contributed by atoms with van der Waals surface area (Å²) in [4.78, 5) is 13.5. The topological polar surface area (TPSA) is 60.8 Å². The first-order valence-corrected chi connectivity index (χ1v) is 10.2. The number of hydrogen-bond donors (Lipinski definition) is 2. The number of unbranched alkanes of at least 4 members (excludes halogenated alkanes) is 5. The third kappa shape index (κ3) is 16.1. The number of aliphatic hydroxyl groups excluding tert-OH is 2. The summed E-state index contributed by atoms with van der Waals surface area (Å²) in [6.45, 7) is 2.68. The Kier molecular flexibility index (Phi) is 18.9. The Labute approximate surface area is 160 Å². The highest BCUT2D eigenvalue weighted by Crippen LogP contribution is 2.09. The summed E-state index contributed by atoms with van der Waals surface area (Å²) in [6.07, 6.45) is 23.6. The molecular weight excluding hydrogens is 326 g/mol. The van der Waals surface area contributed by atoms with Crippen molar-refractivity contribution < 1.29 is 15.0 Å². The second-order valence-corrected chi connectivity index (χ2v) is 6.43. The van der Waals surface area contributed by atoms with Gasteiger partial charge in [-0.15, -0.1) is 0 Å². The van der Waals surface area contributed by atoms with Crippen LogP contribution in [0.5, 0.6) is 0 Å². The monoisotopic (exact) mass is 365 g/mol. The minimum Gasteiger partial charge on any atom is -0.395 e. The molecule has 4 nitrogen and oxygen atoms in total. The van der Waals surface area contributed by atoms with E-state index >= 15 is 0 Å². The van der Waals surface area contributed by atoms with E-state index in [2.05, 4.69) is 43.4 Å². The Hall–Kier alpha value is -1.39. The van der Waals surface area contributed by atoms with Gasteiger partial charge in [-0.25, -0.2) is 0 Å². The zero-order valence-corrected chi connectivity index (χ0v) is 16.6. The van der Waals surface area contributed by atoms with Crippen LogP contribution in [0.25, 0.3) is 0 Å². The van der Waals surface area contributed by atoms with Crippen LogP contribution in [0.2, 0.25) is 0 Å². The fourth-order valence-electron chi connectivity index (χ4n) is 2.66. The van der Waals surface area contributed by atoms with Crippen LogP contribution < -0.4 is 0 Å². The summed E-state index contributed by atoms with van der Waals surface area (Å²) in [5.74, 6) is 0.0364. The molecule has 0 rings (SSSR count). The van der Waals surface area contributed by atoms with Gasteiger partial charge in [0.25, 0.3) is 0 Å². The Morgan fingerprint density at radius 1 is 0.769 bits per heavy atom. The standard InChI is InChI=1S/C22H39NO3/c1-2-3-4-5-6-7-8-9-10-11-12-13-14-15-16-17-22(26)23(18-20-24)19-21-25/h3-4,6-7,9-10,24-25H,2,5,8,11-21H2,1H3. The van der Waals surface area contributed by atoms with E-state index in [4.69, 9.17) is 10.2 Å². The van der Waals surface area contributed by atoms with Crippen molar-refractivity contribution in [1.82, 2.24) is 4.90 Å². The predicted octanol–water partition coefficient (Wildman–Crippen LogP) is 4.39. The van der Waals surface area contributed by atoms with Crippen molar-refractivity contribution in [2.75, 3.05) is 26.3 Å². The van der Waals surface area contributed by atoms with Crippen molar-refractivity contribution >= 4 is 5.91 Å². The lowest BCUT2D eigenvalue weighted by Crippen LogP contribution is -2.35. The molecule has 4 heteroatoms. The molecule has 0 saturated heterocycles. The number of carbonyl (C=O) groups excluding carboxylic acids is 1. The smallest absolute Gasteiger partial charge is 0.222 e. The highest BCUT2D eigenvalue weighted by molar-refractivity contribution is 5.76. The van der Waals surface area contributed by atoms with Crippen LogP contribution in [-0.4, -0.2) is 47.3 Å². The SMILES string of the molecule is CCC=CCC=CCC=CCCCCCCCC(=O)N(CCO)CCO. The quantitative estimate of drug-likeness (QED) is 0.297. The summed E-state index contributed by atoms with van der Waals surface area (Å²) in [5.41, 5.74) is 0. The molecule has 0 aliphatic carbocycles. The van der Waals surface area contributed by atoms with Crippen molar-refractivity contribution in [3.05, 3.63) is 36.5 Å². The van der Waals surface area contributed by atoms with E-state index in [1.807, 2.05) is 0 Å². The van der Waals surface area contributed by atoms with Crippen molar-refractivity contribution in [2.45, 2.75) is 71.1 Å². The van der Waals surface area contributed by atoms with Gasteiger partial charge in [-0.1, -0.05) is 62.6 Å². The maximum Gasteiger partial charge on any atom is 0.222 e. The van der Waals surface area contributed by atoms with Gasteiger partial charge in [-0.3, -0.25) is 4.79 Å². The van der Waals surface area contributed by atoms with E-state index in [0.717, 1.165) is 44.9 Å². The van der Waals surface area contributed by atoms with Crippen LogP contribution >= 0.6 is 0 Å². The van der Waals surface area contributed by atoms with Crippen molar-refractivity contribution in [1.29, 1.82) is 0 Å². The van der Waals surface area contributed by atoms with Crippen molar-refractivity contribution in [3.8, 4) is 0 Å². The molecule has 0 saturated carbocycles. The molecule has 0 unspecified atom stereocenters. The molecule has 0 bridgehead atoms. The number of rotatable bonds is 17. The fourth-order valence-corrected chi connectivity index (χ4v) is 2.66. The highest BCUT2D eigenvalue weighted by Gasteiger charge is 2.11. The predicted molar refractivity (Wildman–Crippen MR) is 110 cm³/mol. The molecule has 0 radical (unpaired) electrons. The summed E-state index contributed by atoms with van der Waals surface area (Å²) in [5, 5.41) is 17.9. The number of hydrogen-bond acceptors (Lipinski definition) is 3. The van der Waals surface area contributed by atoms with Gasteiger partial charge in [-0.05, 0) is 38.5 Å². The fraction of sp³-hybridized carbons (Fsp3) is 0.682. The van der Waals surface area contributed by atoms with Crippen LogP contribution in [-0.2, 0) is 4.79 Å². The number of aliphatic hydroxyl groups is 2. The first kappa shape index (κ1) is 24.6. The molecule has 0 aromatic rings. The van der Waals surface area contributed by atoms with E-state index in [0.29, 0.717) is 19.5 Å². The lowest BCUT2D eigenvalue weighted by atomic mass is 10.1. The van der Waals surface area contributed by atoms with E-state index in [-0.39, 0.29) is 19.1 Å². The van der Waals surface area contributed by atoms with Crippen molar-refractivity contribution in [2.24, 2.45) is 0 Å².